The second-order valence-corrected chi connectivity index (χ2v) is 5.59. The Balaban J connectivity index is 2.14. The Bertz CT molecular complexity index is 684. The Morgan fingerprint density at radius 3 is 2.72 bits per heavy atom. The minimum absolute atomic E-state index is 0.644. The summed E-state index contributed by atoms with van der Waals surface area (Å²) < 4.78 is 0. The molecule has 0 spiro atoms. The summed E-state index contributed by atoms with van der Waals surface area (Å²) in [7, 11) is 0. The zero-order valence-electron chi connectivity index (χ0n) is 10.00. The monoisotopic (exact) mass is 255 g/mol. The van der Waals surface area contributed by atoms with Gasteiger partial charge in [-0.2, -0.15) is 0 Å². The first-order chi connectivity index (χ1) is 8.75. The number of aliphatic hydroxyl groups is 1. The topological polar surface area (TPSA) is 33.1 Å². The smallest absolute Gasteiger partial charge is 0.131 e. The minimum atomic E-state index is -0.644. The number of hydrogen-bond acceptors (Lipinski definition) is 3. The largest absolute Gasteiger partial charge is 0.381 e. The van der Waals surface area contributed by atoms with Crippen LogP contribution in [0.4, 0.5) is 0 Å². The zero-order valence-corrected chi connectivity index (χ0v) is 10.8. The van der Waals surface area contributed by atoms with Crippen molar-refractivity contribution in [3.63, 3.8) is 0 Å². The van der Waals surface area contributed by atoms with E-state index >= 15 is 0 Å². The van der Waals surface area contributed by atoms with E-state index in [1.165, 1.54) is 4.88 Å². The second kappa shape index (κ2) is 4.52. The maximum Gasteiger partial charge on any atom is 0.131 e. The van der Waals surface area contributed by atoms with Gasteiger partial charge in [0.05, 0.1) is 5.69 Å². The molecule has 0 bridgehead atoms. The average molecular weight is 255 g/mol. The summed E-state index contributed by atoms with van der Waals surface area (Å²) in [5.74, 6) is 0. The third-order valence-electron chi connectivity index (χ3n) is 2.99. The lowest BCUT2D eigenvalue weighted by Gasteiger charge is -2.10. The van der Waals surface area contributed by atoms with Gasteiger partial charge in [0, 0.05) is 21.3 Å². The van der Waals surface area contributed by atoms with Crippen molar-refractivity contribution in [2.24, 2.45) is 0 Å². The molecule has 3 heteroatoms. The molecule has 0 aliphatic heterocycles. The quantitative estimate of drug-likeness (QED) is 0.757. The highest BCUT2D eigenvalue weighted by Crippen LogP contribution is 2.30. The molecule has 2 nitrogen and oxygen atoms in total. The fourth-order valence-corrected chi connectivity index (χ4v) is 2.96. The number of benzene rings is 1. The molecule has 18 heavy (non-hydrogen) atoms. The lowest BCUT2D eigenvalue weighted by atomic mass is 10.1. The van der Waals surface area contributed by atoms with Crippen LogP contribution >= 0.6 is 11.3 Å². The predicted molar refractivity (Wildman–Crippen MR) is 74.9 cm³/mol. The van der Waals surface area contributed by atoms with Crippen molar-refractivity contribution in [2.75, 3.05) is 0 Å². The number of aliphatic hydroxyl groups excluding tert-OH is 1. The lowest BCUT2D eigenvalue weighted by molar-refractivity contribution is 0.221. The molecule has 1 N–H and O–H groups in total. The van der Waals surface area contributed by atoms with Crippen molar-refractivity contribution in [3.05, 3.63) is 64.1 Å². The molecule has 0 amide bonds. The molecule has 0 radical (unpaired) electrons. The Morgan fingerprint density at radius 2 is 1.94 bits per heavy atom. The van der Waals surface area contributed by atoms with Crippen LogP contribution in [0.5, 0.6) is 0 Å². The summed E-state index contributed by atoms with van der Waals surface area (Å²) in [5, 5.41) is 12.6. The molecule has 2 aromatic heterocycles. The number of thiophene rings is 1. The number of nitrogens with zero attached hydrogens (tertiary/aromatic N) is 1. The van der Waals surface area contributed by atoms with Gasteiger partial charge in [-0.15, -0.1) is 11.3 Å². The standard InChI is InChI=1S/C15H13NOS/c1-10-6-7-13(18-10)15(17)14-12-5-3-2-4-11(12)8-9-16-14/h2-9,15,17H,1H3. The molecule has 3 rings (SSSR count). The van der Waals surface area contributed by atoms with Crippen molar-refractivity contribution in [1.82, 2.24) is 4.98 Å². The van der Waals surface area contributed by atoms with E-state index in [1.54, 1.807) is 17.5 Å². The van der Waals surface area contributed by atoms with Crippen LogP contribution in [0.1, 0.15) is 21.6 Å². The van der Waals surface area contributed by atoms with E-state index in [0.717, 1.165) is 21.3 Å². The molecular weight excluding hydrogens is 242 g/mol. The van der Waals surface area contributed by atoms with Crippen molar-refractivity contribution in [1.29, 1.82) is 0 Å². The molecule has 3 aromatic rings. The Kier molecular flexibility index (Phi) is 2.86. The number of fused-ring (bicyclic) bond motifs is 1. The number of aryl methyl sites for hydroxylation is 1. The Labute approximate surface area is 110 Å². The van der Waals surface area contributed by atoms with Crippen molar-refractivity contribution in [3.8, 4) is 0 Å². The summed E-state index contributed by atoms with van der Waals surface area (Å²) in [6, 6.07) is 14.0. The van der Waals surface area contributed by atoms with E-state index in [-0.39, 0.29) is 0 Å². The summed E-state index contributed by atoms with van der Waals surface area (Å²) in [4.78, 5) is 6.49. The van der Waals surface area contributed by atoms with Crippen LogP contribution in [-0.2, 0) is 0 Å². The highest BCUT2D eigenvalue weighted by atomic mass is 32.1. The van der Waals surface area contributed by atoms with Crippen LogP contribution in [0, 0.1) is 6.92 Å². The molecule has 1 unspecified atom stereocenters. The Hall–Kier alpha value is -1.71. The van der Waals surface area contributed by atoms with Gasteiger partial charge in [0.25, 0.3) is 0 Å². The highest BCUT2D eigenvalue weighted by Gasteiger charge is 2.16. The van der Waals surface area contributed by atoms with Crippen LogP contribution in [0.25, 0.3) is 10.8 Å². The van der Waals surface area contributed by atoms with Gasteiger partial charge in [-0.1, -0.05) is 24.3 Å². The third kappa shape index (κ3) is 1.92. The molecule has 2 heterocycles. The zero-order chi connectivity index (χ0) is 12.5. The lowest BCUT2D eigenvalue weighted by Crippen LogP contribution is -2.01. The van der Waals surface area contributed by atoms with Gasteiger partial charge < -0.3 is 5.11 Å². The van der Waals surface area contributed by atoms with E-state index in [2.05, 4.69) is 4.98 Å². The van der Waals surface area contributed by atoms with E-state index in [9.17, 15) is 5.11 Å². The first-order valence-electron chi connectivity index (χ1n) is 5.84. The summed E-state index contributed by atoms with van der Waals surface area (Å²) >= 11 is 1.61. The number of hydrogen-bond donors (Lipinski definition) is 1. The van der Waals surface area contributed by atoms with Crippen LogP contribution in [0.2, 0.25) is 0 Å². The fraction of sp³-hybridized carbons (Fsp3) is 0.133. The summed E-state index contributed by atoms with van der Waals surface area (Å²) in [5.41, 5.74) is 0.731. The van der Waals surface area contributed by atoms with Crippen LogP contribution < -0.4 is 0 Å². The minimum Gasteiger partial charge on any atom is -0.381 e. The Morgan fingerprint density at radius 1 is 1.11 bits per heavy atom. The maximum atomic E-state index is 10.5. The van der Waals surface area contributed by atoms with Gasteiger partial charge in [0.1, 0.15) is 6.10 Å². The van der Waals surface area contributed by atoms with E-state index in [0.29, 0.717) is 0 Å². The van der Waals surface area contributed by atoms with Gasteiger partial charge in [-0.05, 0) is 30.5 Å². The molecule has 0 fully saturated rings. The second-order valence-electron chi connectivity index (χ2n) is 4.27. The van der Waals surface area contributed by atoms with Gasteiger partial charge >= 0.3 is 0 Å². The van der Waals surface area contributed by atoms with E-state index in [1.807, 2.05) is 49.4 Å². The van der Waals surface area contributed by atoms with Crippen molar-refractivity contribution in [2.45, 2.75) is 13.0 Å². The number of pyridine rings is 1. The first kappa shape index (κ1) is 11.4. The first-order valence-corrected chi connectivity index (χ1v) is 6.65. The van der Waals surface area contributed by atoms with E-state index in [4.69, 9.17) is 0 Å². The van der Waals surface area contributed by atoms with Gasteiger partial charge in [0.15, 0.2) is 0 Å². The normalized spacial score (nSPS) is 12.8. The van der Waals surface area contributed by atoms with Gasteiger partial charge in [-0.3, -0.25) is 4.98 Å². The highest BCUT2D eigenvalue weighted by molar-refractivity contribution is 7.12. The van der Waals surface area contributed by atoms with Gasteiger partial charge in [0.2, 0.25) is 0 Å². The molecule has 0 aliphatic rings. The van der Waals surface area contributed by atoms with Crippen molar-refractivity contribution >= 4 is 22.1 Å². The number of rotatable bonds is 2. The summed E-state index contributed by atoms with van der Waals surface area (Å²) in [6.45, 7) is 2.04. The average Bonchev–Trinajstić information content (AvgIpc) is 2.84. The SMILES string of the molecule is Cc1ccc(C(O)c2nccc3ccccc23)s1. The molecule has 0 aliphatic carbocycles. The van der Waals surface area contributed by atoms with Crippen molar-refractivity contribution < 1.29 is 5.11 Å². The molecule has 0 saturated carbocycles. The molecule has 1 aromatic carbocycles. The predicted octanol–water partition coefficient (Wildman–Crippen LogP) is 3.69. The van der Waals surface area contributed by atoms with Crippen LogP contribution in [-0.4, -0.2) is 10.1 Å². The summed E-state index contributed by atoms with van der Waals surface area (Å²) in [6.07, 6.45) is 1.11. The fourth-order valence-electron chi connectivity index (χ4n) is 2.10. The maximum absolute atomic E-state index is 10.5. The molecule has 1 atom stereocenters. The van der Waals surface area contributed by atoms with E-state index < -0.39 is 6.10 Å². The number of aromatic nitrogens is 1. The van der Waals surface area contributed by atoms with Gasteiger partial charge in [-0.25, -0.2) is 0 Å². The van der Waals surface area contributed by atoms with Crippen LogP contribution in [0.15, 0.2) is 48.7 Å². The molecular formula is C15H13NOS. The third-order valence-corrected chi connectivity index (χ3v) is 4.05. The van der Waals surface area contributed by atoms with Crippen LogP contribution in [0.3, 0.4) is 0 Å². The molecule has 90 valence electrons. The molecule has 0 saturated heterocycles.